The molecule has 1 aromatic carbocycles. The number of benzene rings is 1. The van der Waals surface area contributed by atoms with Gasteiger partial charge in [0.05, 0.1) is 0 Å². The van der Waals surface area contributed by atoms with Crippen LogP contribution in [-0.4, -0.2) is 18.5 Å². The molecular formula is C17H24N2S. The molecule has 1 N–H and O–H groups in total. The highest BCUT2D eigenvalue weighted by molar-refractivity contribution is 7.10. The first-order chi connectivity index (χ1) is 9.70. The van der Waals surface area contributed by atoms with Crippen LogP contribution in [0.4, 0.5) is 0 Å². The minimum Gasteiger partial charge on any atom is -0.313 e. The molecule has 0 saturated heterocycles. The van der Waals surface area contributed by atoms with Crippen LogP contribution in [0.25, 0.3) is 0 Å². The highest BCUT2D eigenvalue weighted by Gasteiger charge is 2.12. The van der Waals surface area contributed by atoms with E-state index in [-0.39, 0.29) is 0 Å². The van der Waals surface area contributed by atoms with Crippen LogP contribution >= 0.6 is 11.3 Å². The third-order valence-corrected chi connectivity index (χ3v) is 4.66. The van der Waals surface area contributed by atoms with Crippen LogP contribution in [-0.2, 0) is 13.1 Å². The molecule has 1 atom stereocenters. The zero-order chi connectivity index (χ0) is 14.4. The molecule has 0 saturated carbocycles. The zero-order valence-electron chi connectivity index (χ0n) is 12.6. The number of rotatable bonds is 7. The van der Waals surface area contributed by atoms with Crippen LogP contribution in [0.3, 0.4) is 0 Å². The third-order valence-electron chi connectivity index (χ3n) is 3.62. The molecule has 0 aliphatic heterocycles. The molecule has 2 nitrogen and oxygen atoms in total. The molecule has 0 aliphatic carbocycles. The topological polar surface area (TPSA) is 15.3 Å². The molecule has 0 radical (unpaired) electrons. The summed E-state index contributed by atoms with van der Waals surface area (Å²) < 4.78 is 0. The van der Waals surface area contributed by atoms with Crippen molar-refractivity contribution in [1.29, 1.82) is 0 Å². The van der Waals surface area contributed by atoms with E-state index in [1.54, 1.807) is 0 Å². The lowest BCUT2D eigenvalue weighted by atomic mass is 10.1. The van der Waals surface area contributed by atoms with Gasteiger partial charge in [0.2, 0.25) is 0 Å². The van der Waals surface area contributed by atoms with Crippen molar-refractivity contribution in [3.8, 4) is 0 Å². The van der Waals surface area contributed by atoms with Crippen molar-refractivity contribution in [2.45, 2.75) is 33.0 Å². The molecule has 1 aromatic heterocycles. The second-order valence-corrected chi connectivity index (χ2v) is 6.19. The first kappa shape index (κ1) is 15.2. The van der Waals surface area contributed by atoms with Crippen molar-refractivity contribution in [3.05, 3.63) is 57.8 Å². The molecule has 1 unspecified atom stereocenters. The lowest BCUT2D eigenvalue weighted by molar-refractivity contribution is 0.256. The summed E-state index contributed by atoms with van der Waals surface area (Å²) in [6.45, 7) is 7.36. The molecular weight excluding hydrogens is 264 g/mol. The van der Waals surface area contributed by atoms with Gasteiger partial charge in [-0.2, -0.15) is 0 Å². The predicted octanol–water partition coefficient (Wildman–Crippen LogP) is 4.05. The summed E-state index contributed by atoms with van der Waals surface area (Å²) >= 11 is 1.83. The van der Waals surface area contributed by atoms with Gasteiger partial charge in [0, 0.05) is 24.0 Å². The van der Waals surface area contributed by atoms with Gasteiger partial charge in [0.25, 0.3) is 0 Å². The fraction of sp³-hybridized carbons (Fsp3) is 0.412. The van der Waals surface area contributed by atoms with E-state index in [0.29, 0.717) is 6.04 Å². The summed E-state index contributed by atoms with van der Waals surface area (Å²) in [5, 5.41) is 5.53. The van der Waals surface area contributed by atoms with Crippen LogP contribution in [0.1, 0.15) is 35.9 Å². The van der Waals surface area contributed by atoms with Crippen molar-refractivity contribution < 1.29 is 0 Å². The standard InChI is InChI=1S/C17H24N2S/c1-4-18-12-15-7-5-8-16(11-15)13-19(3)14(2)17-9-6-10-20-17/h5-11,14,18H,4,12-13H2,1-3H3. The van der Waals surface area contributed by atoms with Crippen LogP contribution in [0, 0.1) is 0 Å². The SMILES string of the molecule is CCNCc1cccc(CN(C)C(C)c2cccs2)c1. The van der Waals surface area contributed by atoms with Gasteiger partial charge < -0.3 is 5.32 Å². The van der Waals surface area contributed by atoms with Gasteiger partial charge in [0.15, 0.2) is 0 Å². The Morgan fingerprint density at radius 2 is 2.00 bits per heavy atom. The van der Waals surface area contributed by atoms with Crippen molar-refractivity contribution in [1.82, 2.24) is 10.2 Å². The Hall–Kier alpha value is -1.16. The predicted molar refractivity (Wildman–Crippen MR) is 88.0 cm³/mol. The highest BCUT2D eigenvalue weighted by Crippen LogP contribution is 2.24. The lowest BCUT2D eigenvalue weighted by Crippen LogP contribution is -2.21. The number of nitrogens with one attached hydrogen (secondary N) is 1. The van der Waals surface area contributed by atoms with Gasteiger partial charge in [-0.1, -0.05) is 37.3 Å². The maximum absolute atomic E-state index is 3.38. The Labute approximate surface area is 126 Å². The van der Waals surface area contributed by atoms with Gasteiger partial charge >= 0.3 is 0 Å². The first-order valence-corrected chi connectivity index (χ1v) is 8.11. The maximum atomic E-state index is 3.38. The van der Waals surface area contributed by atoms with Gasteiger partial charge in [-0.25, -0.2) is 0 Å². The van der Waals surface area contributed by atoms with E-state index in [2.05, 4.69) is 72.9 Å². The summed E-state index contributed by atoms with van der Waals surface area (Å²) in [5.74, 6) is 0. The van der Waals surface area contributed by atoms with E-state index in [4.69, 9.17) is 0 Å². The highest BCUT2D eigenvalue weighted by atomic mass is 32.1. The largest absolute Gasteiger partial charge is 0.313 e. The van der Waals surface area contributed by atoms with Crippen LogP contribution < -0.4 is 5.32 Å². The third kappa shape index (κ3) is 4.17. The fourth-order valence-corrected chi connectivity index (χ4v) is 3.13. The number of hydrogen-bond acceptors (Lipinski definition) is 3. The van der Waals surface area contributed by atoms with Gasteiger partial charge in [0.1, 0.15) is 0 Å². The second-order valence-electron chi connectivity index (χ2n) is 5.21. The average Bonchev–Trinajstić information content (AvgIpc) is 2.98. The molecule has 108 valence electrons. The number of hydrogen-bond donors (Lipinski definition) is 1. The van der Waals surface area contributed by atoms with Crippen molar-refractivity contribution in [2.75, 3.05) is 13.6 Å². The molecule has 3 heteroatoms. The van der Waals surface area contributed by atoms with E-state index < -0.39 is 0 Å². The van der Waals surface area contributed by atoms with Gasteiger partial charge in [-0.3, -0.25) is 4.90 Å². The summed E-state index contributed by atoms with van der Waals surface area (Å²) in [6, 6.07) is 13.7. The number of thiophene rings is 1. The monoisotopic (exact) mass is 288 g/mol. The molecule has 2 aromatic rings. The van der Waals surface area contributed by atoms with E-state index in [9.17, 15) is 0 Å². The van der Waals surface area contributed by atoms with Crippen molar-refractivity contribution >= 4 is 11.3 Å². The minimum atomic E-state index is 0.465. The van der Waals surface area contributed by atoms with E-state index in [1.807, 2.05) is 11.3 Å². The lowest BCUT2D eigenvalue weighted by Gasteiger charge is -2.24. The molecule has 0 spiro atoms. The van der Waals surface area contributed by atoms with Crippen molar-refractivity contribution in [2.24, 2.45) is 0 Å². The molecule has 1 heterocycles. The Bertz CT molecular complexity index is 507. The minimum absolute atomic E-state index is 0.465. The first-order valence-electron chi connectivity index (χ1n) is 7.23. The van der Waals surface area contributed by atoms with Gasteiger partial charge in [-0.15, -0.1) is 11.3 Å². The number of nitrogens with zero attached hydrogens (tertiary/aromatic N) is 1. The molecule has 0 amide bonds. The Morgan fingerprint density at radius 1 is 1.20 bits per heavy atom. The molecule has 0 aliphatic rings. The molecule has 20 heavy (non-hydrogen) atoms. The fourth-order valence-electron chi connectivity index (χ4n) is 2.28. The van der Waals surface area contributed by atoms with Gasteiger partial charge in [-0.05, 0) is 43.1 Å². The Kier molecular flexibility index (Phi) is 5.77. The smallest absolute Gasteiger partial charge is 0.0413 e. The summed E-state index contributed by atoms with van der Waals surface area (Å²) in [5.41, 5.74) is 2.74. The van der Waals surface area contributed by atoms with Crippen LogP contribution in [0.5, 0.6) is 0 Å². The molecule has 2 rings (SSSR count). The second kappa shape index (κ2) is 7.58. The quantitative estimate of drug-likeness (QED) is 0.827. The normalized spacial score (nSPS) is 12.8. The van der Waals surface area contributed by atoms with Crippen LogP contribution in [0.2, 0.25) is 0 Å². The van der Waals surface area contributed by atoms with E-state index in [1.165, 1.54) is 16.0 Å². The molecule has 0 fully saturated rings. The summed E-state index contributed by atoms with van der Waals surface area (Å²) in [6.07, 6.45) is 0. The Morgan fingerprint density at radius 3 is 2.70 bits per heavy atom. The summed E-state index contributed by atoms with van der Waals surface area (Å²) in [7, 11) is 2.20. The average molecular weight is 288 g/mol. The molecule has 0 bridgehead atoms. The van der Waals surface area contributed by atoms with Crippen LogP contribution in [0.15, 0.2) is 41.8 Å². The van der Waals surface area contributed by atoms with E-state index in [0.717, 1.165) is 19.6 Å². The summed E-state index contributed by atoms with van der Waals surface area (Å²) in [4.78, 5) is 3.83. The van der Waals surface area contributed by atoms with E-state index >= 15 is 0 Å². The maximum Gasteiger partial charge on any atom is 0.0413 e. The zero-order valence-corrected chi connectivity index (χ0v) is 13.4. The Balaban J connectivity index is 1.98. The van der Waals surface area contributed by atoms with Crippen molar-refractivity contribution in [3.63, 3.8) is 0 Å².